The smallest absolute Gasteiger partial charge is 0.320 e. The molecule has 0 aromatic carbocycles. The maximum atomic E-state index is 10.9. The quantitative estimate of drug-likeness (QED) is 0.390. The zero-order valence-corrected chi connectivity index (χ0v) is 5.60. The first-order valence-electron chi connectivity index (χ1n) is 2.86. The molecule has 1 heterocycles. The van der Waals surface area contributed by atoms with Crippen LogP contribution in [0.4, 0.5) is 4.79 Å². The number of hydrogen-bond donors (Lipinski definition) is 2. The topological polar surface area (TPSA) is 58.2 Å². The van der Waals surface area contributed by atoms with Crippen LogP contribution in [-0.2, 0) is 4.79 Å². The second kappa shape index (κ2) is 1.83. The molecule has 1 rings (SSSR count). The summed E-state index contributed by atoms with van der Waals surface area (Å²) in [6.45, 7) is 5.01. The number of imide groups is 1. The number of amides is 3. The van der Waals surface area contributed by atoms with Crippen molar-refractivity contribution in [3.63, 3.8) is 0 Å². The molecule has 0 unspecified atom stereocenters. The number of urea groups is 1. The van der Waals surface area contributed by atoms with E-state index in [0.29, 0.717) is 0 Å². The Kier molecular flexibility index (Phi) is 1.24. The van der Waals surface area contributed by atoms with Gasteiger partial charge in [-0.3, -0.25) is 10.1 Å². The maximum Gasteiger partial charge on any atom is 0.322 e. The highest BCUT2D eigenvalue weighted by Crippen LogP contribution is 2.09. The minimum absolute atomic E-state index is 0.354. The highest BCUT2D eigenvalue weighted by Gasteiger charge is 2.38. The Morgan fingerprint density at radius 2 is 2.20 bits per heavy atom. The van der Waals surface area contributed by atoms with Crippen LogP contribution >= 0.6 is 0 Å². The summed E-state index contributed by atoms with van der Waals surface area (Å²) in [5.74, 6) is -0.354. The highest BCUT2D eigenvalue weighted by atomic mass is 16.2. The first-order chi connectivity index (χ1) is 4.58. The molecule has 2 N–H and O–H groups in total. The zero-order valence-electron chi connectivity index (χ0n) is 5.60. The Hall–Kier alpha value is -1.32. The monoisotopic (exact) mass is 140 g/mol. The minimum Gasteiger partial charge on any atom is -0.320 e. The molecule has 3 amide bonds. The van der Waals surface area contributed by atoms with Crippen LogP contribution in [0.5, 0.6) is 0 Å². The predicted octanol–water partition coefficient (Wildman–Crippen LogP) is -0.230. The van der Waals surface area contributed by atoms with Gasteiger partial charge in [-0.25, -0.2) is 4.79 Å². The van der Waals surface area contributed by atoms with Crippen LogP contribution in [0.2, 0.25) is 0 Å². The summed E-state index contributed by atoms with van der Waals surface area (Å²) in [4.78, 5) is 21.4. The molecule has 1 atom stereocenters. The SMILES string of the molecule is C=C[C@@]1(C)NC(=O)NC1=O. The van der Waals surface area contributed by atoms with Gasteiger partial charge in [-0.1, -0.05) is 6.08 Å². The first-order valence-corrected chi connectivity index (χ1v) is 2.86. The fourth-order valence-corrected chi connectivity index (χ4v) is 0.701. The van der Waals surface area contributed by atoms with Crippen molar-refractivity contribution in [1.82, 2.24) is 10.6 Å². The largest absolute Gasteiger partial charge is 0.322 e. The lowest BCUT2D eigenvalue weighted by Gasteiger charge is -2.13. The first kappa shape index (κ1) is 6.80. The molecule has 4 heteroatoms. The summed E-state index contributed by atoms with van der Waals surface area (Å²) in [5.41, 5.74) is -0.920. The van der Waals surface area contributed by atoms with Gasteiger partial charge in [-0.2, -0.15) is 0 Å². The van der Waals surface area contributed by atoms with Crippen molar-refractivity contribution in [3.8, 4) is 0 Å². The molecule has 0 aromatic heterocycles. The Labute approximate surface area is 58.3 Å². The number of carbonyl (C=O) groups is 2. The van der Waals surface area contributed by atoms with Crippen LogP contribution in [0.25, 0.3) is 0 Å². The summed E-state index contributed by atoms with van der Waals surface area (Å²) < 4.78 is 0. The van der Waals surface area contributed by atoms with Crippen molar-refractivity contribution >= 4 is 11.9 Å². The Bertz CT molecular complexity index is 212. The van der Waals surface area contributed by atoms with Gasteiger partial charge in [0, 0.05) is 0 Å². The van der Waals surface area contributed by atoms with E-state index in [1.165, 1.54) is 6.08 Å². The number of hydrogen-bond acceptors (Lipinski definition) is 2. The molecule has 1 aliphatic rings. The van der Waals surface area contributed by atoms with E-state index in [9.17, 15) is 9.59 Å². The lowest BCUT2D eigenvalue weighted by Crippen LogP contribution is -2.41. The average molecular weight is 140 g/mol. The summed E-state index contributed by atoms with van der Waals surface area (Å²) >= 11 is 0. The van der Waals surface area contributed by atoms with Gasteiger partial charge in [0.2, 0.25) is 0 Å². The van der Waals surface area contributed by atoms with Crippen molar-refractivity contribution in [3.05, 3.63) is 12.7 Å². The van der Waals surface area contributed by atoms with Gasteiger partial charge < -0.3 is 5.32 Å². The highest BCUT2D eigenvalue weighted by molar-refractivity contribution is 6.07. The third-order valence-electron chi connectivity index (χ3n) is 1.48. The minimum atomic E-state index is -0.920. The standard InChI is InChI=1S/C6H8N2O2/c1-3-6(2)4(9)7-5(10)8-6/h3H,1H2,2H3,(H2,7,8,9,10)/t6-/m1/s1. The Morgan fingerprint density at radius 3 is 2.40 bits per heavy atom. The number of carbonyl (C=O) groups excluding carboxylic acids is 2. The number of nitrogens with one attached hydrogen (secondary N) is 2. The van der Waals surface area contributed by atoms with Crippen LogP contribution in [0, 0.1) is 0 Å². The fraction of sp³-hybridized carbons (Fsp3) is 0.333. The molecule has 1 fully saturated rings. The summed E-state index contributed by atoms with van der Waals surface area (Å²) in [6, 6.07) is -0.465. The molecule has 0 bridgehead atoms. The lowest BCUT2D eigenvalue weighted by molar-refractivity contribution is -0.121. The van der Waals surface area contributed by atoms with Gasteiger partial charge in [0.1, 0.15) is 5.54 Å². The molecule has 10 heavy (non-hydrogen) atoms. The Morgan fingerprint density at radius 1 is 1.60 bits per heavy atom. The molecule has 54 valence electrons. The van der Waals surface area contributed by atoms with Crippen LogP contribution in [0.15, 0.2) is 12.7 Å². The van der Waals surface area contributed by atoms with E-state index in [1.807, 2.05) is 0 Å². The van der Waals surface area contributed by atoms with E-state index in [0.717, 1.165) is 0 Å². The summed E-state index contributed by atoms with van der Waals surface area (Å²) in [5, 5.41) is 4.51. The fourth-order valence-electron chi connectivity index (χ4n) is 0.701. The van der Waals surface area contributed by atoms with Gasteiger partial charge in [0.25, 0.3) is 5.91 Å². The third-order valence-corrected chi connectivity index (χ3v) is 1.48. The molecule has 0 aromatic rings. The zero-order chi connectivity index (χ0) is 7.78. The van der Waals surface area contributed by atoms with E-state index < -0.39 is 11.6 Å². The van der Waals surface area contributed by atoms with Crippen molar-refractivity contribution in [2.45, 2.75) is 12.5 Å². The van der Waals surface area contributed by atoms with Crippen LogP contribution in [-0.4, -0.2) is 17.5 Å². The van der Waals surface area contributed by atoms with E-state index in [-0.39, 0.29) is 5.91 Å². The number of rotatable bonds is 1. The second-order valence-corrected chi connectivity index (χ2v) is 2.31. The van der Waals surface area contributed by atoms with Gasteiger partial charge >= 0.3 is 6.03 Å². The van der Waals surface area contributed by atoms with Crippen LogP contribution < -0.4 is 10.6 Å². The molecule has 0 saturated carbocycles. The molecular formula is C6H8N2O2. The summed E-state index contributed by atoms with van der Waals surface area (Å²) in [6.07, 6.45) is 1.40. The van der Waals surface area contributed by atoms with Gasteiger partial charge in [-0.15, -0.1) is 6.58 Å². The molecule has 0 radical (unpaired) electrons. The van der Waals surface area contributed by atoms with Gasteiger partial charge in [0.05, 0.1) is 0 Å². The van der Waals surface area contributed by atoms with Crippen LogP contribution in [0.1, 0.15) is 6.92 Å². The molecule has 1 saturated heterocycles. The normalized spacial score (nSPS) is 31.3. The van der Waals surface area contributed by atoms with Gasteiger partial charge in [0.15, 0.2) is 0 Å². The van der Waals surface area contributed by atoms with Gasteiger partial charge in [-0.05, 0) is 6.92 Å². The Balaban J connectivity index is 2.90. The second-order valence-electron chi connectivity index (χ2n) is 2.31. The maximum absolute atomic E-state index is 10.9. The third kappa shape index (κ3) is 0.775. The van der Waals surface area contributed by atoms with E-state index >= 15 is 0 Å². The van der Waals surface area contributed by atoms with Crippen molar-refractivity contribution < 1.29 is 9.59 Å². The lowest BCUT2D eigenvalue weighted by atomic mass is 10.0. The predicted molar refractivity (Wildman–Crippen MR) is 35.3 cm³/mol. The van der Waals surface area contributed by atoms with Crippen molar-refractivity contribution in [1.29, 1.82) is 0 Å². The molecule has 1 aliphatic heterocycles. The van der Waals surface area contributed by atoms with E-state index in [2.05, 4.69) is 17.2 Å². The molecule has 4 nitrogen and oxygen atoms in total. The summed E-state index contributed by atoms with van der Waals surface area (Å²) in [7, 11) is 0. The van der Waals surface area contributed by atoms with E-state index in [4.69, 9.17) is 0 Å². The van der Waals surface area contributed by atoms with Crippen LogP contribution in [0.3, 0.4) is 0 Å². The van der Waals surface area contributed by atoms with Crippen molar-refractivity contribution in [2.75, 3.05) is 0 Å². The molecule has 0 spiro atoms. The average Bonchev–Trinajstić information content (AvgIpc) is 2.09. The molecule has 0 aliphatic carbocycles. The van der Waals surface area contributed by atoms with E-state index in [1.54, 1.807) is 6.92 Å². The molecular weight excluding hydrogens is 132 g/mol. The van der Waals surface area contributed by atoms with Crippen molar-refractivity contribution in [2.24, 2.45) is 0 Å².